The molecule has 1 aromatic heterocycles. The van der Waals surface area contributed by atoms with Gasteiger partial charge in [-0.15, -0.1) is 11.3 Å². The third kappa shape index (κ3) is 2.84. The van der Waals surface area contributed by atoms with Crippen LogP contribution in [-0.2, 0) is 11.3 Å². The van der Waals surface area contributed by atoms with Gasteiger partial charge in [0.2, 0.25) is 0 Å². The summed E-state index contributed by atoms with van der Waals surface area (Å²) >= 11 is 7.20. The van der Waals surface area contributed by atoms with E-state index in [1.807, 2.05) is 6.07 Å². The third-order valence-corrected chi connectivity index (χ3v) is 4.62. The number of carboxylic acid groups (broad SMARTS) is 1. The molecule has 0 radical (unpaired) electrons. The molecule has 0 aromatic carbocycles. The van der Waals surface area contributed by atoms with Gasteiger partial charge in [-0.3, -0.25) is 0 Å². The summed E-state index contributed by atoms with van der Waals surface area (Å²) in [5.74, 6) is -0.959. The van der Waals surface area contributed by atoms with E-state index in [4.69, 9.17) is 11.6 Å². The van der Waals surface area contributed by atoms with Gasteiger partial charge in [0.1, 0.15) is 5.54 Å². The first-order chi connectivity index (χ1) is 8.93. The molecule has 1 fully saturated rings. The van der Waals surface area contributed by atoms with Gasteiger partial charge in [-0.1, -0.05) is 11.6 Å². The lowest BCUT2D eigenvalue weighted by molar-refractivity contribution is -0.147. The zero-order valence-corrected chi connectivity index (χ0v) is 12.1. The van der Waals surface area contributed by atoms with Crippen molar-refractivity contribution in [2.45, 2.75) is 31.8 Å². The number of urea groups is 1. The summed E-state index contributed by atoms with van der Waals surface area (Å²) in [6.07, 6.45) is 1.20. The van der Waals surface area contributed by atoms with Gasteiger partial charge in [0.25, 0.3) is 0 Å². The summed E-state index contributed by atoms with van der Waals surface area (Å²) in [6, 6.07) is 3.27. The number of nitrogens with one attached hydrogen (secondary N) is 1. The Morgan fingerprint density at radius 2 is 2.32 bits per heavy atom. The molecule has 19 heavy (non-hydrogen) atoms. The van der Waals surface area contributed by atoms with Gasteiger partial charge < -0.3 is 15.3 Å². The van der Waals surface area contributed by atoms with Crippen LogP contribution in [0.3, 0.4) is 0 Å². The van der Waals surface area contributed by atoms with Crippen LogP contribution in [0.2, 0.25) is 4.34 Å². The molecule has 1 aromatic rings. The molecule has 1 unspecified atom stereocenters. The Morgan fingerprint density at radius 1 is 1.58 bits per heavy atom. The van der Waals surface area contributed by atoms with E-state index in [-0.39, 0.29) is 6.03 Å². The molecule has 2 heterocycles. The Morgan fingerprint density at radius 3 is 2.89 bits per heavy atom. The number of carbonyl (C=O) groups is 2. The maximum atomic E-state index is 12.1. The van der Waals surface area contributed by atoms with E-state index in [2.05, 4.69) is 5.32 Å². The van der Waals surface area contributed by atoms with Crippen LogP contribution in [0.5, 0.6) is 0 Å². The largest absolute Gasteiger partial charge is 0.480 e. The Bertz CT molecular complexity index is 505. The van der Waals surface area contributed by atoms with Crippen LogP contribution < -0.4 is 5.32 Å². The standard InChI is InChI=1S/C12H15ClN2O3S/c1-12(10(16)17)5-2-6-15(12)11(18)14-7-8-3-4-9(13)19-8/h3-4H,2,5-7H2,1H3,(H,14,18)(H,16,17). The number of rotatable bonds is 3. The smallest absolute Gasteiger partial charge is 0.329 e. The van der Waals surface area contributed by atoms with Gasteiger partial charge >= 0.3 is 12.0 Å². The van der Waals surface area contributed by atoms with Crippen molar-refractivity contribution in [3.8, 4) is 0 Å². The highest BCUT2D eigenvalue weighted by molar-refractivity contribution is 7.16. The highest BCUT2D eigenvalue weighted by Crippen LogP contribution is 2.29. The molecule has 7 heteroatoms. The summed E-state index contributed by atoms with van der Waals surface area (Å²) in [6.45, 7) is 2.42. The predicted molar refractivity (Wildman–Crippen MR) is 73.5 cm³/mol. The number of nitrogens with zero attached hydrogens (tertiary/aromatic N) is 1. The molecule has 2 N–H and O–H groups in total. The SMILES string of the molecule is CC1(C(=O)O)CCCN1C(=O)NCc1ccc(Cl)s1. The van der Waals surface area contributed by atoms with Gasteiger partial charge in [-0.25, -0.2) is 9.59 Å². The molecule has 0 saturated carbocycles. The number of likely N-dealkylation sites (tertiary alicyclic amines) is 1. The Kier molecular flexibility index (Phi) is 4.01. The Balaban J connectivity index is 1.98. The molecular formula is C12H15ClN2O3S. The van der Waals surface area contributed by atoms with Crippen LogP contribution in [0.25, 0.3) is 0 Å². The van der Waals surface area contributed by atoms with E-state index in [1.54, 1.807) is 13.0 Å². The van der Waals surface area contributed by atoms with Gasteiger partial charge in [0.05, 0.1) is 10.9 Å². The third-order valence-electron chi connectivity index (χ3n) is 3.39. The van der Waals surface area contributed by atoms with Crippen molar-refractivity contribution in [1.82, 2.24) is 10.2 Å². The number of thiophene rings is 1. The van der Waals surface area contributed by atoms with Crippen LogP contribution in [0.15, 0.2) is 12.1 Å². The van der Waals surface area contributed by atoms with E-state index < -0.39 is 11.5 Å². The number of aliphatic carboxylic acids is 1. The van der Waals surface area contributed by atoms with Crippen LogP contribution in [0, 0.1) is 0 Å². The van der Waals surface area contributed by atoms with E-state index in [9.17, 15) is 14.7 Å². The molecule has 1 saturated heterocycles. The zero-order valence-electron chi connectivity index (χ0n) is 10.5. The maximum Gasteiger partial charge on any atom is 0.329 e. The maximum absolute atomic E-state index is 12.1. The number of amides is 2. The van der Waals surface area contributed by atoms with Crippen LogP contribution in [0.4, 0.5) is 4.79 Å². The van der Waals surface area contributed by atoms with Gasteiger partial charge in [0.15, 0.2) is 0 Å². The topological polar surface area (TPSA) is 69.6 Å². The zero-order chi connectivity index (χ0) is 14.0. The summed E-state index contributed by atoms with van der Waals surface area (Å²) in [5, 5.41) is 12.0. The lowest BCUT2D eigenvalue weighted by Gasteiger charge is -2.31. The number of hydrogen-bond donors (Lipinski definition) is 2. The molecule has 2 amide bonds. The van der Waals surface area contributed by atoms with Crippen LogP contribution >= 0.6 is 22.9 Å². The molecule has 1 aliphatic heterocycles. The Hall–Kier alpha value is -1.27. The first-order valence-electron chi connectivity index (χ1n) is 5.96. The summed E-state index contributed by atoms with van der Waals surface area (Å²) in [4.78, 5) is 25.7. The van der Waals surface area contributed by atoms with E-state index in [0.29, 0.717) is 30.3 Å². The summed E-state index contributed by atoms with van der Waals surface area (Å²) in [5.41, 5.74) is -1.10. The molecule has 104 valence electrons. The Labute approximate surface area is 120 Å². The predicted octanol–water partition coefficient (Wildman–Crippen LogP) is 2.55. The highest BCUT2D eigenvalue weighted by Gasteiger charge is 2.45. The van der Waals surface area contributed by atoms with Crippen molar-refractivity contribution in [2.75, 3.05) is 6.54 Å². The summed E-state index contributed by atoms with van der Waals surface area (Å²) < 4.78 is 0.667. The van der Waals surface area contributed by atoms with Crippen molar-refractivity contribution in [1.29, 1.82) is 0 Å². The van der Waals surface area contributed by atoms with Crippen molar-refractivity contribution in [3.05, 3.63) is 21.3 Å². The first kappa shape index (κ1) is 14.1. The number of carboxylic acids is 1. The number of carbonyl (C=O) groups excluding carboxylic acids is 1. The number of hydrogen-bond acceptors (Lipinski definition) is 3. The molecule has 0 aliphatic carbocycles. The minimum Gasteiger partial charge on any atom is -0.480 e. The monoisotopic (exact) mass is 302 g/mol. The van der Waals surface area contributed by atoms with Gasteiger partial charge in [0, 0.05) is 11.4 Å². The highest BCUT2D eigenvalue weighted by atomic mass is 35.5. The second-order valence-corrected chi connectivity index (χ2v) is 6.50. The molecule has 0 bridgehead atoms. The molecule has 1 aliphatic rings. The fourth-order valence-corrected chi connectivity index (χ4v) is 3.24. The lowest BCUT2D eigenvalue weighted by Crippen LogP contribution is -2.53. The van der Waals surface area contributed by atoms with Gasteiger partial charge in [-0.05, 0) is 31.9 Å². The first-order valence-corrected chi connectivity index (χ1v) is 7.16. The normalized spacial score (nSPS) is 22.5. The van der Waals surface area contributed by atoms with Gasteiger partial charge in [-0.2, -0.15) is 0 Å². The number of halogens is 1. The molecule has 5 nitrogen and oxygen atoms in total. The minimum absolute atomic E-state index is 0.341. The van der Waals surface area contributed by atoms with Crippen molar-refractivity contribution in [2.24, 2.45) is 0 Å². The average Bonchev–Trinajstić information content (AvgIpc) is 2.93. The second-order valence-electron chi connectivity index (χ2n) is 4.70. The fraction of sp³-hybridized carbons (Fsp3) is 0.500. The second kappa shape index (κ2) is 5.38. The molecule has 0 spiro atoms. The van der Waals surface area contributed by atoms with Crippen molar-refractivity contribution >= 4 is 34.9 Å². The van der Waals surface area contributed by atoms with E-state index in [1.165, 1.54) is 16.2 Å². The van der Waals surface area contributed by atoms with Crippen molar-refractivity contribution < 1.29 is 14.7 Å². The molecular weight excluding hydrogens is 288 g/mol. The molecule has 1 atom stereocenters. The quantitative estimate of drug-likeness (QED) is 0.901. The van der Waals surface area contributed by atoms with E-state index >= 15 is 0 Å². The van der Waals surface area contributed by atoms with Crippen LogP contribution in [-0.4, -0.2) is 34.1 Å². The van der Waals surface area contributed by atoms with Crippen molar-refractivity contribution in [3.63, 3.8) is 0 Å². The lowest BCUT2D eigenvalue weighted by atomic mass is 10.00. The average molecular weight is 303 g/mol. The van der Waals surface area contributed by atoms with Crippen LogP contribution in [0.1, 0.15) is 24.6 Å². The fourth-order valence-electron chi connectivity index (χ4n) is 2.22. The van der Waals surface area contributed by atoms with E-state index in [0.717, 1.165) is 4.88 Å². The minimum atomic E-state index is -1.10. The summed E-state index contributed by atoms with van der Waals surface area (Å²) in [7, 11) is 0. The molecule has 2 rings (SSSR count).